The Kier molecular flexibility index (Phi) is 8.59. The summed E-state index contributed by atoms with van der Waals surface area (Å²) < 4.78 is 58.2. The minimum atomic E-state index is -4.89. The van der Waals surface area contributed by atoms with Crippen LogP contribution >= 0.6 is 0 Å². The summed E-state index contributed by atoms with van der Waals surface area (Å²) in [5, 5.41) is 8.12. The summed E-state index contributed by atoms with van der Waals surface area (Å²) in [6.45, 7) is 6.39. The van der Waals surface area contributed by atoms with Crippen LogP contribution in [0.5, 0.6) is 11.6 Å². The molecule has 2 amide bonds. The molecule has 190 valence electrons. The average Bonchev–Trinajstić information content (AvgIpc) is 2.80. The lowest BCUT2D eigenvalue weighted by Gasteiger charge is -2.14. The molecule has 0 saturated carbocycles. The number of aromatic nitrogens is 2. The first-order chi connectivity index (χ1) is 17.0. The van der Waals surface area contributed by atoms with Gasteiger partial charge in [-0.15, -0.1) is 0 Å². The third-order valence-electron chi connectivity index (χ3n) is 4.76. The zero-order valence-electron chi connectivity index (χ0n) is 19.8. The van der Waals surface area contributed by atoms with Crippen molar-refractivity contribution in [2.24, 2.45) is 0 Å². The predicted octanol–water partition coefficient (Wildman–Crippen LogP) is 6.60. The summed E-state index contributed by atoms with van der Waals surface area (Å²) in [5.41, 5.74) is 0.0352. The molecule has 0 bridgehead atoms. The third kappa shape index (κ3) is 7.51. The number of carbonyl (C=O) groups excluding carboxylic acids is 1. The van der Waals surface area contributed by atoms with Gasteiger partial charge >= 0.3 is 12.2 Å². The molecule has 1 heterocycles. The molecule has 3 N–H and O–H groups in total. The van der Waals surface area contributed by atoms with Crippen LogP contribution in [0.4, 0.5) is 33.7 Å². The average molecular weight is 504 g/mol. The van der Waals surface area contributed by atoms with Crippen molar-refractivity contribution in [1.82, 2.24) is 15.3 Å². The van der Waals surface area contributed by atoms with Crippen molar-refractivity contribution in [3.8, 4) is 11.6 Å². The maximum absolute atomic E-state index is 13.5. The Morgan fingerprint density at radius 1 is 1.08 bits per heavy atom. The van der Waals surface area contributed by atoms with E-state index in [4.69, 9.17) is 4.74 Å². The second-order valence-corrected chi connectivity index (χ2v) is 8.01. The topological polar surface area (TPSA) is 88.2 Å². The number of allylic oxidation sites excluding steroid dienone is 1. The molecule has 36 heavy (non-hydrogen) atoms. The Morgan fingerprint density at radius 3 is 2.56 bits per heavy atom. The molecule has 0 atom stereocenters. The minimum Gasteiger partial charge on any atom is -0.439 e. The van der Waals surface area contributed by atoms with E-state index in [1.165, 1.54) is 6.33 Å². The minimum absolute atomic E-state index is 0.208. The number of benzene rings is 2. The van der Waals surface area contributed by atoms with E-state index in [0.717, 1.165) is 11.8 Å². The smallest absolute Gasteiger partial charge is 0.419 e. The van der Waals surface area contributed by atoms with Crippen LogP contribution in [0, 0.1) is 5.82 Å². The van der Waals surface area contributed by atoms with Crippen LogP contribution in [0.2, 0.25) is 0 Å². The van der Waals surface area contributed by atoms with Gasteiger partial charge in [0.05, 0.1) is 11.3 Å². The number of hydrogen-bond donors (Lipinski definition) is 3. The van der Waals surface area contributed by atoms with E-state index < -0.39 is 23.6 Å². The van der Waals surface area contributed by atoms with Gasteiger partial charge in [-0.1, -0.05) is 26.0 Å². The quantitative estimate of drug-likeness (QED) is 0.302. The molecule has 11 heteroatoms. The van der Waals surface area contributed by atoms with Crippen LogP contribution < -0.4 is 20.7 Å². The molecule has 0 radical (unpaired) electrons. The van der Waals surface area contributed by atoms with Gasteiger partial charge in [-0.2, -0.15) is 13.2 Å². The summed E-state index contributed by atoms with van der Waals surface area (Å²) in [7, 11) is 0. The van der Waals surface area contributed by atoms with Gasteiger partial charge in [-0.05, 0) is 43.3 Å². The largest absolute Gasteiger partial charge is 0.439 e. The van der Waals surface area contributed by atoms with Crippen LogP contribution in [-0.2, 0) is 12.7 Å². The van der Waals surface area contributed by atoms with Crippen molar-refractivity contribution in [3.05, 3.63) is 77.5 Å². The first-order valence-electron chi connectivity index (χ1n) is 11.0. The molecule has 0 unspecified atom stereocenters. The van der Waals surface area contributed by atoms with Gasteiger partial charge in [-0.25, -0.2) is 19.2 Å². The highest BCUT2D eigenvalue weighted by molar-refractivity contribution is 6.01. The molecule has 0 aliphatic heterocycles. The molecule has 0 spiro atoms. The number of anilines is 2. The number of ether oxygens (including phenoxy) is 1. The van der Waals surface area contributed by atoms with E-state index in [1.54, 1.807) is 43.3 Å². The van der Waals surface area contributed by atoms with Gasteiger partial charge in [0, 0.05) is 35.6 Å². The zero-order valence-corrected chi connectivity index (χ0v) is 19.8. The van der Waals surface area contributed by atoms with E-state index >= 15 is 0 Å². The molecule has 0 fully saturated rings. The third-order valence-corrected chi connectivity index (χ3v) is 4.76. The SMILES string of the molecule is C/C=C\c1cc(Oc2cc(CNC(C)C)ncn2)ccc1NC(=O)Nc1ccc(F)c(C(F)(F)F)c1. The van der Waals surface area contributed by atoms with Crippen LogP contribution in [-0.4, -0.2) is 22.0 Å². The van der Waals surface area contributed by atoms with Gasteiger partial charge < -0.3 is 20.7 Å². The number of alkyl halides is 3. The molecule has 7 nitrogen and oxygen atoms in total. The number of carbonyl (C=O) groups is 1. The van der Waals surface area contributed by atoms with E-state index in [9.17, 15) is 22.4 Å². The number of nitrogens with one attached hydrogen (secondary N) is 3. The summed E-state index contributed by atoms with van der Waals surface area (Å²) in [5.74, 6) is -0.637. The van der Waals surface area contributed by atoms with Gasteiger partial charge in [0.25, 0.3) is 0 Å². The van der Waals surface area contributed by atoms with Crippen molar-refractivity contribution in [2.45, 2.75) is 39.5 Å². The second kappa shape index (κ2) is 11.6. The Labute approximate surface area is 205 Å². The highest BCUT2D eigenvalue weighted by Crippen LogP contribution is 2.33. The maximum Gasteiger partial charge on any atom is 0.419 e. The lowest BCUT2D eigenvalue weighted by molar-refractivity contribution is -0.139. The molecular weight excluding hydrogens is 478 g/mol. The zero-order chi connectivity index (χ0) is 26.3. The van der Waals surface area contributed by atoms with Gasteiger partial charge in [-0.3, -0.25) is 0 Å². The lowest BCUT2D eigenvalue weighted by Crippen LogP contribution is -2.22. The Balaban J connectivity index is 1.73. The number of halogens is 4. The number of nitrogens with zero attached hydrogens (tertiary/aromatic N) is 2. The van der Waals surface area contributed by atoms with E-state index in [-0.39, 0.29) is 5.69 Å². The Hall–Kier alpha value is -3.99. The molecule has 1 aromatic heterocycles. The number of urea groups is 1. The summed E-state index contributed by atoms with van der Waals surface area (Å²) >= 11 is 0. The van der Waals surface area contributed by atoms with Crippen molar-refractivity contribution >= 4 is 23.5 Å². The monoisotopic (exact) mass is 503 g/mol. The summed E-state index contributed by atoms with van der Waals surface area (Å²) in [6.07, 6.45) is -0.0137. The van der Waals surface area contributed by atoms with Crippen LogP contribution in [0.1, 0.15) is 37.6 Å². The fourth-order valence-electron chi connectivity index (χ4n) is 3.10. The molecule has 2 aromatic carbocycles. The van der Waals surface area contributed by atoms with Gasteiger partial charge in [0.2, 0.25) is 5.88 Å². The van der Waals surface area contributed by atoms with Crippen LogP contribution in [0.3, 0.4) is 0 Å². The molecule has 3 rings (SSSR count). The normalized spacial score (nSPS) is 11.7. The fraction of sp³-hybridized carbons (Fsp3) is 0.240. The first-order valence-corrected chi connectivity index (χ1v) is 11.0. The van der Waals surface area contributed by atoms with Crippen LogP contribution in [0.25, 0.3) is 6.08 Å². The molecular formula is C25H25F4N5O2. The molecule has 3 aromatic rings. The first kappa shape index (κ1) is 26.6. The highest BCUT2D eigenvalue weighted by Gasteiger charge is 2.34. The summed E-state index contributed by atoms with van der Waals surface area (Å²) in [6, 6.07) is 8.28. The van der Waals surface area contributed by atoms with Crippen molar-refractivity contribution in [3.63, 3.8) is 0 Å². The van der Waals surface area contributed by atoms with Gasteiger partial charge in [0.15, 0.2) is 0 Å². The van der Waals surface area contributed by atoms with E-state index in [0.29, 0.717) is 47.6 Å². The Bertz CT molecular complexity index is 1250. The Morgan fingerprint density at radius 2 is 1.86 bits per heavy atom. The van der Waals surface area contributed by atoms with Crippen molar-refractivity contribution < 1.29 is 27.1 Å². The molecule has 0 aliphatic carbocycles. The van der Waals surface area contributed by atoms with Crippen molar-refractivity contribution in [2.75, 3.05) is 10.6 Å². The van der Waals surface area contributed by atoms with Gasteiger partial charge in [0.1, 0.15) is 17.9 Å². The standard InChI is InChI=1S/C25H25F4N5O2/c1-4-5-16-10-19(36-23-12-18(31-14-32-23)13-30-15(2)3)7-9-22(16)34-24(35)33-17-6-8-21(26)20(11-17)25(27,28)29/h4-12,14-15,30H,13H2,1-3H3,(H2,33,34,35)/b5-4-. The van der Waals surface area contributed by atoms with E-state index in [2.05, 4.69) is 25.9 Å². The van der Waals surface area contributed by atoms with Crippen LogP contribution in [0.15, 0.2) is 54.9 Å². The number of amides is 2. The lowest BCUT2D eigenvalue weighted by atomic mass is 10.1. The number of hydrogen-bond acceptors (Lipinski definition) is 5. The van der Waals surface area contributed by atoms with Crippen molar-refractivity contribution in [1.29, 1.82) is 0 Å². The molecule has 0 aliphatic rings. The summed E-state index contributed by atoms with van der Waals surface area (Å²) in [4.78, 5) is 20.8. The van der Waals surface area contributed by atoms with E-state index in [1.807, 2.05) is 13.8 Å². The predicted molar refractivity (Wildman–Crippen MR) is 129 cm³/mol. The fourth-order valence-corrected chi connectivity index (χ4v) is 3.10. The second-order valence-electron chi connectivity index (χ2n) is 8.01. The maximum atomic E-state index is 13.5. The number of rotatable bonds is 8. The highest BCUT2D eigenvalue weighted by atomic mass is 19.4. The molecule has 0 saturated heterocycles.